The van der Waals surface area contributed by atoms with Gasteiger partial charge in [-0.1, -0.05) is 48.5 Å². The molecule has 0 amide bonds. The van der Waals surface area contributed by atoms with Crippen molar-refractivity contribution in [1.29, 1.82) is 0 Å². The number of thiocarbonyl (C=S) groups is 1. The summed E-state index contributed by atoms with van der Waals surface area (Å²) in [6, 6.07) is 18.1. The summed E-state index contributed by atoms with van der Waals surface area (Å²) in [5.74, 6) is -0.438. The molecule has 34 heavy (non-hydrogen) atoms. The maximum Gasteiger partial charge on any atom is 0.341 e. The second-order valence-corrected chi connectivity index (χ2v) is 11.3. The summed E-state index contributed by atoms with van der Waals surface area (Å²) in [5.41, 5.74) is 2.20. The number of anilines is 1. The van der Waals surface area contributed by atoms with Crippen LogP contribution in [0.25, 0.3) is 11.1 Å². The van der Waals surface area contributed by atoms with Crippen molar-refractivity contribution in [2.75, 3.05) is 38.6 Å². The van der Waals surface area contributed by atoms with Crippen LogP contribution in [0.4, 0.5) is 5.00 Å². The van der Waals surface area contributed by atoms with Crippen LogP contribution in [0.1, 0.15) is 15.2 Å². The van der Waals surface area contributed by atoms with Gasteiger partial charge in [0.1, 0.15) is 10.6 Å². The number of rotatable bonds is 5. The SMILES string of the molecule is COC(=O)c1c(NC(=S)N2CCN(S(=O)(=O)c3ccccc3)CC2)sc(C)c1-c1ccccc1. The Hall–Kier alpha value is -2.79. The van der Waals surface area contributed by atoms with Crippen LogP contribution < -0.4 is 5.32 Å². The van der Waals surface area contributed by atoms with Crippen molar-refractivity contribution >= 4 is 49.7 Å². The van der Waals surface area contributed by atoms with Gasteiger partial charge in [0.05, 0.1) is 12.0 Å². The highest BCUT2D eigenvalue weighted by Gasteiger charge is 2.30. The number of hydrogen-bond acceptors (Lipinski definition) is 6. The molecule has 1 N–H and O–H groups in total. The van der Waals surface area contributed by atoms with E-state index in [0.29, 0.717) is 41.9 Å². The monoisotopic (exact) mass is 515 g/mol. The summed E-state index contributed by atoms with van der Waals surface area (Å²) in [6.07, 6.45) is 0. The van der Waals surface area contributed by atoms with E-state index in [4.69, 9.17) is 17.0 Å². The summed E-state index contributed by atoms with van der Waals surface area (Å²) in [4.78, 5) is 15.9. The molecule has 0 atom stereocenters. The topological polar surface area (TPSA) is 79.0 Å². The number of nitrogens with one attached hydrogen (secondary N) is 1. The first kappa shape index (κ1) is 24.3. The number of carbonyl (C=O) groups is 1. The molecule has 0 bridgehead atoms. The van der Waals surface area contributed by atoms with Gasteiger partial charge in [0.2, 0.25) is 10.0 Å². The number of methoxy groups -OCH3 is 1. The molecule has 0 radical (unpaired) electrons. The van der Waals surface area contributed by atoms with Crippen molar-refractivity contribution in [2.45, 2.75) is 11.8 Å². The van der Waals surface area contributed by atoms with Gasteiger partial charge in [-0.05, 0) is 36.8 Å². The predicted molar refractivity (Wildman–Crippen MR) is 139 cm³/mol. The van der Waals surface area contributed by atoms with E-state index in [2.05, 4.69) is 5.32 Å². The molecule has 0 unspecified atom stereocenters. The maximum absolute atomic E-state index is 12.9. The molecule has 7 nitrogen and oxygen atoms in total. The van der Waals surface area contributed by atoms with E-state index < -0.39 is 16.0 Å². The fraction of sp³-hybridized carbons (Fsp3) is 0.250. The van der Waals surface area contributed by atoms with E-state index in [-0.39, 0.29) is 4.90 Å². The average Bonchev–Trinajstić information content (AvgIpc) is 3.19. The molecular formula is C24H25N3O4S3. The zero-order valence-electron chi connectivity index (χ0n) is 18.9. The number of ether oxygens (including phenoxy) is 1. The summed E-state index contributed by atoms with van der Waals surface area (Å²) in [5, 5.41) is 4.28. The van der Waals surface area contributed by atoms with Gasteiger partial charge < -0.3 is 15.0 Å². The third-order valence-electron chi connectivity index (χ3n) is 5.66. The maximum atomic E-state index is 12.9. The van der Waals surface area contributed by atoms with Gasteiger partial charge in [-0.3, -0.25) is 0 Å². The van der Waals surface area contributed by atoms with Gasteiger partial charge in [0, 0.05) is 36.6 Å². The largest absolute Gasteiger partial charge is 0.465 e. The zero-order chi connectivity index (χ0) is 24.3. The Labute approximate surface area is 209 Å². The summed E-state index contributed by atoms with van der Waals surface area (Å²) >= 11 is 7.08. The quantitative estimate of drug-likeness (QED) is 0.403. The van der Waals surface area contributed by atoms with Gasteiger partial charge >= 0.3 is 5.97 Å². The number of hydrogen-bond donors (Lipinski definition) is 1. The molecule has 4 rings (SSSR count). The molecule has 1 fully saturated rings. The van der Waals surface area contributed by atoms with E-state index in [1.165, 1.54) is 22.8 Å². The average molecular weight is 516 g/mol. The predicted octanol–water partition coefficient (Wildman–Crippen LogP) is 4.21. The Morgan fingerprint density at radius 2 is 1.59 bits per heavy atom. The van der Waals surface area contributed by atoms with Gasteiger partial charge in [0.25, 0.3) is 0 Å². The molecule has 1 saturated heterocycles. The third-order valence-corrected chi connectivity index (χ3v) is 8.96. The van der Waals surface area contributed by atoms with Gasteiger partial charge in [-0.2, -0.15) is 4.31 Å². The van der Waals surface area contributed by atoms with Crippen LogP contribution in [0.2, 0.25) is 0 Å². The van der Waals surface area contributed by atoms with E-state index in [9.17, 15) is 13.2 Å². The highest BCUT2D eigenvalue weighted by atomic mass is 32.2. The number of piperazine rings is 1. The number of benzene rings is 2. The van der Waals surface area contributed by atoms with E-state index in [1.54, 1.807) is 30.3 Å². The van der Waals surface area contributed by atoms with Gasteiger partial charge in [-0.25, -0.2) is 13.2 Å². The molecule has 10 heteroatoms. The molecule has 2 aromatic carbocycles. The number of carbonyl (C=O) groups excluding carboxylic acids is 1. The van der Waals surface area contributed by atoms with Gasteiger partial charge in [0.15, 0.2) is 5.11 Å². The Kier molecular flexibility index (Phi) is 7.32. The molecule has 0 saturated carbocycles. The minimum Gasteiger partial charge on any atom is -0.465 e. The lowest BCUT2D eigenvalue weighted by molar-refractivity contribution is 0.0603. The van der Waals surface area contributed by atoms with Crippen LogP contribution in [0.5, 0.6) is 0 Å². The summed E-state index contributed by atoms with van der Waals surface area (Å²) < 4.78 is 32.3. The van der Waals surface area contributed by atoms with Crippen LogP contribution in [0, 0.1) is 6.92 Å². The lowest BCUT2D eigenvalue weighted by Crippen LogP contribution is -2.51. The second kappa shape index (κ2) is 10.2. The first-order chi connectivity index (χ1) is 16.3. The highest BCUT2D eigenvalue weighted by molar-refractivity contribution is 7.89. The first-order valence-electron chi connectivity index (χ1n) is 10.7. The third kappa shape index (κ3) is 4.85. The molecule has 2 heterocycles. The molecule has 0 spiro atoms. The minimum absolute atomic E-state index is 0.286. The Morgan fingerprint density at radius 3 is 2.18 bits per heavy atom. The number of sulfonamides is 1. The van der Waals surface area contributed by atoms with Crippen LogP contribution in [0.15, 0.2) is 65.6 Å². The minimum atomic E-state index is -3.54. The van der Waals surface area contributed by atoms with E-state index in [0.717, 1.165) is 16.0 Å². The Balaban J connectivity index is 1.50. The summed E-state index contributed by atoms with van der Waals surface area (Å²) in [7, 11) is -2.18. The molecule has 0 aliphatic carbocycles. The normalized spacial score (nSPS) is 14.6. The standard InChI is InChI=1S/C24H25N3O4S3/c1-17-20(18-9-5-3-6-10-18)21(23(28)31-2)22(33-17)25-24(32)26-13-15-27(16-14-26)34(29,30)19-11-7-4-8-12-19/h3-12H,13-16H2,1-2H3,(H,25,32). The van der Waals surface area contributed by atoms with Crippen molar-refractivity contribution in [3.63, 3.8) is 0 Å². The fourth-order valence-corrected chi connectivity index (χ4v) is 6.79. The van der Waals surface area contributed by atoms with Crippen LogP contribution in [-0.2, 0) is 14.8 Å². The van der Waals surface area contributed by atoms with E-state index in [1.807, 2.05) is 42.2 Å². The highest BCUT2D eigenvalue weighted by Crippen LogP contribution is 2.40. The molecule has 3 aromatic rings. The van der Waals surface area contributed by atoms with E-state index >= 15 is 0 Å². The number of nitrogens with zero attached hydrogens (tertiary/aromatic N) is 2. The Bertz CT molecular complexity index is 1280. The molecule has 1 aliphatic rings. The van der Waals surface area contributed by atoms with Crippen molar-refractivity contribution in [2.24, 2.45) is 0 Å². The van der Waals surface area contributed by atoms with Crippen LogP contribution >= 0.6 is 23.6 Å². The van der Waals surface area contributed by atoms with Gasteiger partial charge in [-0.15, -0.1) is 11.3 Å². The Morgan fingerprint density at radius 1 is 1.00 bits per heavy atom. The number of thiophene rings is 1. The second-order valence-electron chi connectivity index (χ2n) is 7.73. The molecule has 178 valence electrons. The number of esters is 1. The lowest BCUT2D eigenvalue weighted by Gasteiger charge is -2.35. The molecular weight excluding hydrogens is 490 g/mol. The number of aryl methyl sites for hydroxylation is 1. The van der Waals surface area contributed by atoms with Crippen molar-refractivity contribution in [1.82, 2.24) is 9.21 Å². The van der Waals surface area contributed by atoms with Crippen molar-refractivity contribution in [3.05, 3.63) is 71.1 Å². The lowest BCUT2D eigenvalue weighted by atomic mass is 10.0. The molecule has 1 aromatic heterocycles. The van der Waals surface area contributed by atoms with Crippen LogP contribution in [0.3, 0.4) is 0 Å². The van der Waals surface area contributed by atoms with Crippen molar-refractivity contribution < 1.29 is 17.9 Å². The zero-order valence-corrected chi connectivity index (χ0v) is 21.3. The van der Waals surface area contributed by atoms with Crippen molar-refractivity contribution in [3.8, 4) is 11.1 Å². The van der Waals surface area contributed by atoms with Crippen LogP contribution in [-0.4, -0.2) is 62.0 Å². The fourth-order valence-electron chi connectivity index (χ4n) is 3.93. The molecule has 1 aliphatic heterocycles. The summed E-state index contributed by atoms with van der Waals surface area (Å²) in [6.45, 7) is 3.49. The first-order valence-corrected chi connectivity index (χ1v) is 13.4. The smallest absolute Gasteiger partial charge is 0.341 e.